The molecule has 11 nitrogen and oxygen atoms in total. The quantitative estimate of drug-likeness (QED) is 0.219. The Balaban J connectivity index is 1.15. The molecule has 5 aromatic rings. The van der Waals surface area contributed by atoms with E-state index in [1.165, 1.54) is 22.1 Å². The minimum atomic E-state index is -1.06. The Labute approximate surface area is 277 Å². The van der Waals surface area contributed by atoms with Crippen molar-refractivity contribution in [3.63, 3.8) is 0 Å². The minimum absolute atomic E-state index is 0.0967. The van der Waals surface area contributed by atoms with Crippen molar-refractivity contribution in [1.29, 1.82) is 5.26 Å². The van der Waals surface area contributed by atoms with Crippen LogP contribution in [-0.2, 0) is 6.54 Å². The van der Waals surface area contributed by atoms with E-state index < -0.39 is 11.6 Å². The Bertz CT molecular complexity index is 2150. The number of carbonyl (C=O) groups is 1. The van der Waals surface area contributed by atoms with Gasteiger partial charge in [-0.15, -0.1) is 11.3 Å². The van der Waals surface area contributed by atoms with E-state index in [0.717, 1.165) is 5.56 Å². The van der Waals surface area contributed by atoms with E-state index in [2.05, 4.69) is 25.9 Å². The Morgan fingerprint density at radius 2 is 1.98 bits per heavy atom. The fourth-order valence-corrected chi connectivity index (χ4v) is 7.31. The zero-order chi connectivity index (χ0) is 32.9. The first kappa shape index (κ1) is 31.0. The number of aryl methyl sites for hydroxylation is 1. The molecular weight excluding hydrogens is 645 g/mol. The number of anilines is 1. The molecule has 5 heterocycles. The molecule has 0 bridgehead atoms. The smallest absolute Gasteiger partial charge is 0.338 e. The minimum Gasteiger partial charge on any atom is -0.491 e. The SMILES string of the molecule is Cc1nc2cnc(N3CCN(CC4(F)CC4)CC3)c(C#N)c2c(=O)n1CCOc1ccc(Cl)cc1-c1ccnc2c(C(=O)O)csc12. The molecule has 0 amide bonds. The van der Waals surface area contributed by atoms with Crippen molar-refractivity contribution in [3.05, 3.63) is 74.4 Å². The van der Waals surface area contributed by atoms with Crippen molar-refractivity contribution in [1.82, 2.24) is 24.4 Å². The number of aromatic nitrogens is 4. The number of piperazine rings is 1. The van der Waals surface area contributed by atoms with E-state index in [1.807, 2.05) is 4.90 Å². The molecule has 1 aromatic carbocycles. The summed E-state index contributed by atoms with van der Waals surface area (Å²) in [4.78, 5) is 43.1. The number of rotatable bonds is 9. The van der Waals surface area contributed by atoms with E-state index in [0.29, 0.717) is 89.3 Å². The Hall–Kier alpha value is -4.64. The highest BCUT2D eigenvalue weighted by Gasteiger charge is 2.44. The number of fused-ring (bicyclic) bond motifs is 2. The van der Waals surface area contributed by atoms with Gasteiger partial charge in [-0.1, -0.05) is 11.6 Å². The second-order valence-electron chi connectivity index (χ2n) is 11.8. The molecule has 47 heavy (non-hydrogen) atoms. The van der Waals surface area contributed by atoms with Crippen LogP contribution in [0.3, 0.4) is 0 Å². The molecule has 2 aliphatic rings. The molecule has 14 heteroatoms. The maximum atomic E-state index is 14.3. The van der Waals surface area contributed by atoms with Crippen LogP contribution in [0.15, 0.2) is 46.8 Å². The number of halogens is 2. The van der Waals surface area contributed by atoms with Crippen molar-refractivity contribution in [2.45, 2.75) is 32.0 Å². The molecule has 0 spiro atoms. The van der Waals surface area contributed by atoms with Crippen LogP contribution < -0.4 is 15.2 Å². The van der Waals surface area contributed by atoms with Crippen molar-refractivity contribution >= 4 is 55.8 Å². The monoisotopic (exact) mass is 673 g/mol. The van der Waals surface area contributed by atoms with Gasteiger partial charge in [0.1, 0.15) is 41.3 Å². The second kappa shape index (κ2) is 12.2. The highest BCUT2D eigenvalue weighted by atomic mass is 35.5. The van der Waals surface area contributed by atoms with Crippen LogP contribution in [0.2, 0.25) is 5.02 Å². The number of benzene rings is 1. The first-order chi connectivity index (χ1) is 22.7. The van der Waals surface area contributed by atoms with E-state index in [1.54, 1.807) is 42.8 Å². The van der Waals surface area contributed by atoms with E-state index in [4.69, 9.17) is 16.3 Å². The molecule has 4 aromatic heterocycles. The molecule has 0 atom stereocenters. The molecule has 0 unspecified atom stereocenters. The van der Waals surface area contributed by atoms with Gasteiger partial charge < -0.3 is 14.7 Å². The number of pyridine rings is 2. The van der Waals surface area contributed by atoms with Gasteiger partial charge in [-0.2, -0.15) is 5.26 Å². The van der Waals surface area contributed by atoms with Crippen LogP contribution in [0.5, 0.6) is 5.75 Å². The maximum Gasteiger partial charge on any atom is 0.338 e. The van der Waals surface area contributed by atoms with Gasteiger partial charge in [0.15, 0.2) is 0 Å². The average molecular weight is 674 g/mol. The van der Waals surface area contributed by atoms with E-state index >= 15 is 0 Å². The number of hydrogen-bond acceptors (Lipinski definition) is 10. The first-order valence-electron chi connectivity index (χ1n) is 15.1. The van der Waals surface area contributed by atoms with Gasteiger partial charge >= 0.3 is 5.97 Å². The summed E-state index contributed by atoms with van der Waals surface area (Å²) < 4.78 is 22.7. The molecule has 1 aliphatic carbocycles. The highest BCUT2D eigenvalue weighted by molar-refractivity contribution is 7.18. The Morgan fingerprint density at radius 3 is 2.70 bits per heavy atom. The zero-order valence-corrected chi connectivity index (χ0v) is 26.9. The molecular formula is C33H29ClFN7O4S. The number of aromatic carboxylic acids is 1. The number of ether oxygens (including phenoxy) is 1. The molecule has 1 N–H and O–H groups in total. The first-order valence-corrected chi connectivity index (χ1v) is 16.4. The topological polar surface area (TPSA) is 137 Å². The standard InChI is InChI=1S/C33H29ClFN7O4S/c1-19-39-25-16-38-30(41-10-8-40(9-11-41)18-33(35)5-6-33)23(15-36)27(25)31(43)42(19)12-13-46-26-3-2-20(34)14-22(26)21-4-7-37-28-24(32(44)45)17-47-29(21)28/h2-4,7,14,16-17H,5-6,8-13,18H2,1H3,(H,44,45). The summed E-state index contributed by atoms with van der Waals surface area (Å²) in [6.45, 7) is 4.83. The van der Waals surface area contributed by atoms with Gasteiger partial charge in [-0.25, -0.2) is 19.2 Å². The predicted molar refractivity (Wildman–Crippen MR) is 177 cm³/mol. The van der Waals surface area contributed by atoms with Gasteiger partial charge in [0, 0.05) is 60.5 Å². The molecule has 2 fully saturated rings. The van der Waals surface area contributed by atoms with Crippen LogP contribution >= 0.6 is 22.9 Å². The van der Waals surface area contributed by atoms with Crippen LogP contribution in [0.4, 0.5) is 10.2 Å². The number of alkyl halides is 1. The summed E-state index contributed by atoms with van der Waals surface area (Å²) in [6, 6.07) is 9.16. The third kappa shape index (κ3) is 5.88. The van der Waals surface area contributed by atoms with E-state index in [-0.39, 0.29) is 35.2 Å². The van der Waals surface area contributed by atoms with Crippen LogP contribution in [0.25, 0.3) is 32.2 Å². The van der Waals surface area contributed by atoms with Crippen molar-refractivity contribution in [2.24, 2.45) is 0 Å². The molecule has 0 radical (unpaired) electrons. The number of carboxylic acids is 1. The molecule has 1 saturated carbocycles. The van der Waals surface area contributed by atoms with Gasteiger partial charge in [0.05, 0.1) is 39.4 Å². The number of hydrogen-bond donors (Lipinski definition) is 1. The zero-order valence-electron chi connectivity index (χ0n) is 25.4. The molecule has 240 valence electrons. The van der Waals surface area contributed by atoms with Crippen molar-refractivity contribution < 1.29 is 19.0 Å². The summed E-state index contributed by atoms with van der Waals surface area (Å²) in [5.74, 6) is 0.319. The molecule has 1 saturated heterocycles. The molecule has 1 aliphatic heterocycles. The fraction of sp³-hybridized carbons (Fsp3) is 0.333. The maximum absolute atomic E-state index is 14.3. The largest absolute Gasteiger partial charge is 0.491 e. The van der Waals surface area contributed by atoms with Gasteiger partial charge in [-0.05, 0) is 44.0 Å². The average Bonchev–Trinajstić information content (AvgIpc) is 3.61. The van der Waals surface area contributed by atoms with Crippen molar-refractivity contribution in [2.75, 3.05) is 44.2 Å². The Kier molecular flexibility index (Phi) is 8.03. The van der Waals surface area contributed by atoms with Gasteiger partial charge in [-0.3, -0.25) is 19.2 Å². The predicted octanol–water partition coefficient (Wildman–Crippen LogP) is 5.30. The third-order valence-electron chi connectivity index (χ3n) is 8.74. The van der Waals surface area contributed by atoms with Crippen LogP contribution in [0.1, 0.15) is 34.6 Å². The number of thiophene rings is 1. The number of nitrogens with zero attached hydrogens (tertiary/aromatic N) is 7. The van der Waals surface area contributed by atoms with Crippen LogP contribution in [-0.4, -0.2) is 80.5 Å². The third-order valence-corrected chi connectivity index (χ3v) is 9.98. The summed E-state index contributed by atoms with van der Waals surface area (Å²) in [7, 11) is 0. The van der Waals surface area contributed by atoms with Gasteiger partial charge in [0.25, 0.3) is 5.56 Å². The lowest BCUT2D eigenvalue weighted by Crippen LogP contribution is -2.49. The van der Waals surface area contributed by atoms with Crippen molar-refractivity contribution in [3.8, 4) is 22.9 Å². The lowest BCUT2D eigenvalue weighted by Gasteiger charge is -2.36. The summed E-state index contributed by atoms with van der Waals surface area (Å²) in [5, 5.41) is 22.0. The van der Waals surface area contributed by atoms with Gasteiger partial charge in [0.2, 0.25) is 0 Å². The Morgan fingerprint density at radius 1 is 1.19 bits per heavy atom. The summed E-state index contributed by atoms with van der Waals surface area (Å²) >= 11 is 7.64. The molecule has 7 rings (SSSR count). The van der Waals surface area contributed by atoms with Crippen LogP contribution in [0, 0.1) is 18.3 Å². The fourth-order valence-electron chi connectivity index (χ4n) is 6.11. The number of carboxylic acid groups (broad SMARTS) is 1. The normalized spacial score (nSPS) is 16.0. The van der Waals surface area contributed by atoms with E-state index in [9.17, 15) is 24.3 Å². The second-order valence-corrected chi connectivity index (χ2v) is 13.2. The lowest BCUT2D eigenvalue weighted by atomic mass is 10.0. The summed E-state index contributed by atoms with van der Waals surface area (Å²) in [5.41, 5.74) is 0.973. The summed E-state index contributed by atoms with van der Waals surface area (Å²) in [6.07, 6.45) is 4.31. The number of nitriles is 1. The lowest BCUT2D eigenvalue weighted by molar-refractivity contribution is 0.0699. The highest BCUT2D eigenvalue weighted by Crippen LogP contribution is 2.41.